The maximum Gasteiger partial charge on any atom is 0.414 e. The van der Waals surface area contributed by atoms with E-state index in [9.17, 15) is 19.0 Å². The van der Waals surface area contributed by atoms with Gasteiger partial charge in [0.2, 0.25) is 5.16 Å². The lowest BCUT2D eigenvalue weighted by Crippen LogP contribution is -2.49. The van der Waals surface area contributed by atoms with Crippen LogP contribution < -0.4 is 15.4 Å². The maximum absolute atomic E-state index is 14.6. The van der Waals surface area contributed by atoms with Crippen LogP contribution in [0.2, 0.25) is 0 Å². The molecule has 1 saturated heterocycles. The summed E-state index contributed by atoms with van der Waals surface area (Å²) in [6.45, 7) is 4.61. The van der Waals surface area contributed by atoms with Crippen LogP contribution in [0.15, 0.2) is 95.0 Å². The van der Waals surface area contributed by atoms with Gasteiger partial charge in [0.25, 0.3) is 5.56 Å². The Labute approximate surface area is 285 Å². The molecule has 12 nitrogen and oxygen atoms in total. The molecule has 252 valence electrons. The summed E-state index contributed by atoms with van der Waals surface area (Å²) < 4.78 is 24.6. The molecule has 13 heteroatoms. The molecular weight excluding hydrogens is 644 g/mol. The van der Waals surface area contributed by atoms with Crippen molar-refractivity contribution in [2.45, 2.75) is 25.2 Å². The maximum atomic E-state index is 14.6. The van der Waals surface area contributed by atoms with Gasteiger partial charge in [0.05, 0.1) is 41.1 Å². The van der Waals surface area contributed by atoms with E-state index >= 15 is 0 Å². The number of carbonyl (C=O) groups is 1. The molecule has 0 radical (unpaired) electrons. The standard InChI is InChI=1S/C36H36N6O6S/c1-25-7-6-10-30-32(25)40(36(44)48-24-27-8-4-3-5-9-27)16-15-39(30)31-21-28-22-37-35(49(2)46)38-33(28)41(34(31)43)29-13-11-26(12-14-29)23-42(45)17-19-47-20-18-42/h3-14,21-22H,15-20,23-24H2,1-2H3. The molecule has 7 rings (SSSR count). The lowest BCUT2D eigenvalue weighted by Gasteiger charge is -2.45. The summed E-state index contributed by atoms with van der Waals surface area (Å²) in [5.41, 5.74) is 4.81. The third-order valence-corrected chi connectivity index (χ3v) is 9.66. The number of hydroxylamine groups is 3. The Kier molecular flexibility index (Phi) is 8.99. The molecule has 2 aliphatic heterocycles. The molecule has 1 fully saturated rings. The quantitative estimate of drug-likeness (QED) is 0.133. The number of ether oxygens (including phenoxy) is 2. The van der Waals surface area contributed by atoms with E-state index in [1.807, 2.05) is 72.5 Å². The Balaban J connectivity index is 1.28. The second-order valence-electron chi connectivity index (χ2n) is 12.3. The molecule has 2 aliphatic rings. The first kappa shape index (κ1) is 32.6. The van der Waals surface area contributed by atoms with Crippen molar-refractivity contribution in [1.29, 1.82) is 0 Å². The van der Waals surface area contributed by atoms with E-state index in [0.29, 0.717) is 73.2 Å². The molecule has 5 aromatic rings. The lowest BCUT2D eigenvalue weighted by atomic mass is 10.1. The van der Waals surface area contributed by atoms with E-state index in [1.165, 1.54) is 10.8 Å². The fourth-order valence-electron chi connectivity index (χ4n) is 6.43. The van der Waals surface area contributed by atoms with E-state index in [1.54, 1.807) is 29.3 Å². The summed E-state index contributed by atoms with van der Waals surface area (Å²) in [7, 11) is -1.48. The van der Waals surface area contributed by atoms with Gasteiger partial charge in [-0.3, -0.25) is 18.5 Å². The number of amides is 1. The van der Waals surface area contributed by atoms with Crippen LogP contribution >= 0.6 is 0 Å². The second-order valence-corrected chi connectivity index (χ2v) is 13.6. The molecule has 3 aromatic carbocycles. The van der Waals surface area contributed by atoms with Crippen molar-refractivity contribution >= 4 is 45.0 Å². The average molecular weight is 681 g/mol. The highest BCUT2D eigenvalue weighted by Crippen LogP contribution is 2.40. The van der Waals surface area contributed by atoms with Gasteiger partial charge in [-0.2, -0.15) is 0 Å². The Hall–Kier alpha value is -4.95. The first-order valence-electron chi connectivity index (χ1n) is 16.1. The van der Waals surface area contributed by atoms with E-state index < -0.39 is 16.9 Å². The number of hydrogen-bond acceptors (Lipinski definition) is 9. The van der Waals surface area contributed by atoms with Crippen molar-refractivity contribution in [3.8, 4) is 5.69 Å². The normalized spacial score (nSPS) is 16.3. The molecule has 0 N–H and O–H groups in total. The average Bonchev–Trinajstić information content (AvgIpc) is 3.11. The summed E-state index contributed by atoms with van der Waals surface area (Å²) in [4.78, 5) is 40.4. The van der Waals surface area contributed by atoms with Gasteiger partial charge in [-0.05, 0) is 42.3 Å². The number of quaternary nitrogens is 1. The predicted octanol–water partition coefficient (Wildman–Crippen LogP) is 4.97. The summed E-state index contributed by atoms with van der Waals surface area (Å²) in [6, 6.07) is 24.3. The molecule has 0 saturated carbocycles. The smallest absolute Gasteiger partial charge is 0.414 e. The number of nitrogens with zero attached hydrogens (tertiary/aromatic N) is 6. The van der Waals surface area contributed by atoms with Crippen LogP contribution in [0.4, 0.5) is 21.9 Å². The van der Waals surface area contributed by atoms with Gasteiger partial charge < -0.3 is 24.2 Å². The minimum Gasteiger partial charge on any atom is -0.632 e. The van der Waals surface area contributed by atoms with E-state index in [2.05, 4.69) is 9.97 Å². The predicted molar refractivity (Wildman–Crippen MR) is 188 cm³/mol. The molecule has 0 bridgehead atoms. The van der Waals surface area contributed by atoms with Crippen molar-refractivity contribution in [3.63, 3.8) is 0 Å². The Morgan fingerprint density at radius 1 is 0.980 bits per heavy atom. The van der Waals surface area contributed by atoms with Crippen molar-refractivity contribution in [2.75, 3.05) is 55.4 Å². The fraction of sp³-hybridized carbons (Fsp3) is 0.278. The molecule has 49 heavy (non-hydrogen) atoms. The SMILES string of the molecule is Cc1cccc2c1N(C(=O)OCc1ccccc1)CCN2c1cc2cnc(S(C)=O)nc2n(-c2ccc(C[N+]3([O-])CCOCC3)cc2)c1=O. The van der Waals surface area contributed by atoms with Gasteiger partial charge >= 0.3 is 6.09 Å². The third kappa shape index (κ3) is 6.57. The Morgan fingerprint density at radius 2 is 1.73 bits per heavy atom. The molecule has 2 aromatic heterocycles. The number of pyridine rings is 1. The lowest BCUT2D eigenvalue weighted by molar-refractivity contribution is -0.901. The molecule has 0 aliphatic carbocycles. The van der Waals surface area contributed by atoms with Crippen LogP contribution in [0.25, 0.3) is 16.7 Å². The number of hydrogen-bond donors (Lipinski definition) is 0. The number of aryl methyl sites for hydroxylation is 1. The number of benzene rings is 3. The van der Waals surface area contributed by atoms with Crippen molar-refractivity contribution in [2.24, 2.45) is 0 Å². The molecule has 1 unspecified atom stereocenters. The van der Waals surface area contributed by atoms with Crippen LogP contribution in [0.1, 0.15) is 16.7 Å². The van der Waals surface area contributed by atoms with Gasteiger partial charge in [0.15, 0.2) is 5.65 Å². The largest absolute Gasteiger partial charge is 0.632 e. The molecule has 1 atom stereocenters. The zero-order valence-electron chi connectivity index (χ0n) is 27.3. The number of aromatic nitrogens is 3. The molecule has 1 amide bonds. The van der Waals surface area contributed by atoms with Crippen molar-refractivity contribution in [3.05, 3.63) is 117 Å². The number of fused-ring (bicyclic) bond motifs is 2. The zero-order chi connectivity index (χ0) is 34.1. The van der Waals surface area contributed by atoms with Crippen LogP contribution in [0.5, 0.6) is 0 Å². The summed E-state index contributed by atoms with van der Waals surface area (Å²) >= 11 is 0. The van der Waals surface area contributed by atoms with Gasteiger partial charge in [-0.1, -0.05) is 54.6 Å². The van der Waals surface area contributed by atoms with Crippen LogP contribution in [-0.2, 0) is 33.4 Å². The number of para-hydroxylation sites is 1. The number of anilines is 3. The number of morpholine rings is 1. The van der Waals surface area contributed by atoms with Crippen LogP contribution in [0.3, 0.4) is 0 Å². The van der Waals surface area contributed by atoms with Crippen molar-refractivity contribution < 1.29 is 23.1 Å². The van der Waals surface area contributed by atoms with Crippen LogP contribution in [0, 0.1) is 12.1 Å². The van der Waals surface area contributed by atoms with E-state index in [0.717, 1.165) is 16.7 Å². The minimum atomic E-state index is -1.48. The summed E-state index contributed by atoms with van der Waals surface area (Å²) in [5.74, 6) is 0. The Morgan fingerprint density at radius 3 is 2.47 bits per heavy atom. The molecular formula is C36H36N6O6S. The summed E-state index contributed by atoms with van der Waals surface area (Å²) in [5, 5.41) is 13.9. The topological polar surface area (TPSA) is 130 Å². The monoisotopic (exact) mass is 680 g/mol. The van der Waals surface area contributed by atoms with Gasteiger partial charge in [0.1, 0.15) is 31.9 Å². The fourth-order valence-corrected chi connectivity index (χ4v) is 6.85. The second kappa shape index (κ2) is 13.5. The highest BCUT2D eigenvalue weighted by molar-refractivity contribution is 7.84. The first-order valence-corrected chi connectivity index (χ1v) is 17.6. The van der Waals surface area contributed by atoms with Gasteiger partial charge in [0, 0.05) is 36.5 Å². The summed E-state index contributed by atoms with van der Waals surface area (Å²) in [6.07, 6.45) is 2.59. The highest BCUT2D eigenvalue weighted by atomic mass is 32.2. The van der Waals surface area contributed by atoms with Gasteiger partial charge in [-0.25, -0.2) is 14.8 Å². The molecule has 0 spiro atoms. The third-order valence-electron chi connectivity index (χ3n) is 8.95. The van der Waals surface area contributed by atoms with E-state index in [-0.39, 0.29) is 28.5 Å². The van der Waals surface area contributed by atoms with E-state index in [4.69, 9.17) is 9.47 Å². The molecule has 4 heterocycles. The highest BCUT2D eigenvalue weighted by Gasteiger charge is 2.32. The van der Waals surface area contributed by atoms with Gasteiger partial charge in [-0.15, -0.1) is 0 Å². The number of rotatable bonds is 7. The van der Waals surface area contributed by atoms with Crippen LogP contribution in [-0.4, -0.2) is 75.1 Å². The Bertz CT molecular complexity index is 2100. The number of carbonyl (C=O) groups excluding carboxylic acids is 1. The zero-order valence-corrected chi connectivity index (χ0v) is 28.1. The van der Waals surface area contributed by atoms with Crippen molar-refractivity contribution in [1.82, 2.24) is 14.5 Å². The minimum absolute atomic E-state index is 0.110. The first-order chi connectivity index (χ1) is 23.7.